The number of methoxy groups -OCH3 is 1. The van der Waals surface area contributed by atoms with Crippen molar-refractivity contribution >= 4 is 0 Å². The van der Waals surface area contributed by atoms with Gasteiger partial charge in [0.25, 0.3) is 0 Å². The first kappa shape index (κ1) is 10.7. The lowest BCUT2D eigenvalue weighted by molar-refractivity contribution is 0.199. The molecule has 0 saturated heterocycles. The van der Waals surface area contributed by atoms with Crippen molar-refractivity contribution in [1.29, 1.82) is 5.26 Å². The van der Waals surface area contributed by atoms with Crippen LogP contribution in [0.25, 0.3) is 0 Å². The minimum Gasteiger partial charge on any atom is -0.383 e. The van der Waals surface area contributed by atoms with Crippen LogP contribution in [0, 0.1) is 11.3 Å². The van der Waals surface area contributed by atoms with Crippen LogP contribution in [-0.4, -0.2) is 20.3 Å². The van der Waals surface area contributed by atoms with Gasteiger partial charge in [-0.25, -0.2) is 0 Å². The molecule has 0 aliphatic heterocycles. The summed E-state index contributed by atoms with van der Waals surface area (Å²) in [6, 6.07) is 9.70. The Morgan fingerprint density at radius 1 is 1.50 bits per heavy atom. The molecule has 1 N–H and O–H groups in total. The smallest absolute Gasteiger partial charge is 0.0991 e. The number of ether oxygens (including phenoxy) is 1. The van der Waals surface area contributed by atoms with Crippen molar-refractivity contribution in [2.45, 2.75) is 6.54 Å². The third-order valence-electron chi connectivity index (χ3n) is 1.87. The van der Waals surface area contributed by atoms with Crippen LogP contribution in [0.15, 0.2) is 24.3 Å². The molecule has 0 saturated carbocycles. The van der Waals surface area contributed by atoms with Crippen LogP contribution >= 0.6 is 0 Å². The highest BCUT2D eigenvalue weighted by atomic mass is 16.5. The second-order valence-electron chi connectivity index (χ2n) is 2.98. The monoisotopic (exact) mass is 190 g/mol. The molecule has 14 heavy (non-hydrogen) atoms. The predicted octanol–water partition coefficient (Wildman–Crippen LogP) is 1.29. The van der Waals surface area contributed by atoms with E-state index in [9.17, 15) is 0 Å². The van der Waals surface area contributed by atoms with Gasteiger partial charge in [-0.3, -0.25) is 0 Å². The summed E-state index contributed by atoms with van der Waals surface area (Å²) in [5.74, 6) is 0. The van der Waals surface area contributed by atoms with E-state index in [0.717, 1.165) is 18.7 Å². The van der Waals surface area contributed by atoms with E-state index in [4.69, 9.17) is 10.00 Å². The molecule has 74 valence electrons. The van der Waals surface area contributed by atoms with Gasteiger partial charge in [-0.2, -0.15) is 5.26 Å². The molecule has 3 nitrogen and oxygen atoms in total. The molecule has 1 rings (SSSR count). The second kappa shape index (κ2) is 6.14. The van der Waals surface area contributed by atoms with Gasteiger partial charge in [0.1, 0.15) is 0 Å². The van der Waals surface area contributed by atoms with Gasteiger partial charge in [0.05, 0.1) is 18.2 Å². The van der Waals surface area contributed by atoms with Crippen molar-refractivity contribution < 1.29 is 4.74 Å². The average Bonchev–Trinajstić information content (AvgIpc) is 2.25. The molecule has 0 aliphatic carbocycles. The van der Waals surface area contributed by atoms with Crippen molar-refractivity contribution in [3.05, 3.63) is 35.4 Å². The molecular weight excluding hydrogens is 176 g/mol. The summed E-state index contributed by atoms with van der Waals surface area (Å²) in [4.78, 5) is 0. The zero-order chi connectivity index (χ0) is 10.2. The standard InChI is InChI=1S/C11H14N2O/c1-14-6-5-13-9-11-4-2-3-10(7-11)8-12/h2-4,7,13H,5-6,9H2,1H3. The Kier molecular flexibility index (Phi) is 4.70. The lowest BCUT2D eigenvalue weighted by atomic mass is 10.1. The maximum Gasteiger partial charge on any atom is 0.0991 e. The molecule has 1 aromatic carbocycles. The predicted molar refractivity (Wildman–Crippen MR) is 54.7 cm³/mol. The van der Waals surface area contributed by atoms with Gasteiger partial charge in [-0.1, -0.05) is 12.1 Å². The molecule has 0 aliphatic rings. The molecule has 0 radical (unpaired) electrons. The molecule has 0 aromatic heterocycles. The van der Waals surface area contributed by atoms with Crippen LogP contribution in [-0.2, 0) is 11.3 Å². The zero-order valence-electron chi connectivity index (χ0n) is 8.29. The van der Waals surface area contributed by atoms with Gasteiger partial charge in [0.15, 0.2) is 0 Å². The number of benzene rings is 1. The van der Waals surface area contributed by atoms with Crippen molar-refractivity contribution in [3.63, 3.8) is 0 Å². The quantitative estimate of drug-likeness (QED) is 0.712. The normalized spacial score (nSPS) is 9.71. The molecule has 0 amide bonds. The lowest BCUT2D eigenvalue weighted by Gasteiger charge is -2.03. The highest BCUT2D eigenvalue weighted by molar-refractivity contribution is 5.32. The molecule has 0 bridgehead atoms. The molecule has 0 spiro atoms. The Bertz CT molecular complexity index is 317. The number of hydrogen-bond acceptors (Lipinski definition) is 3. The van der Waals surface area contributed by atoms with Crippen LogP contribution in [0.5, 0.6) is 0 Å². The number of nitrogens with one attached hydrogen (secondary N) is 1. The highest BCUT2D eigenvalue weighted by Crippen LogP contribution is 2.03. The Hall–Kier alpha value is -1.37. The summed E-state index contributed by atoms with van der Waals surface area (Å²) in [6.07, 6.45) is 0. The average molecular weight is 190 g/mol. The lowest BCUT2D eigenvalue weighted by Crippen LogP contribution is -2.18. The third kappa shape index (κ3) is 3.56. The first-order chi connectivity index (χ1) is 6.86. The Labute approximate surface area is 84.3 Å². The van der Waals surface area contributed by atoms with E-state index in [-0.39, 0.29) is 0 Å². The van der Waals surface area contributed by atoms with Gasteiger partial charge in [-0.05, 0) is 17.7 Å². The van der Waals surface area contributed by atoms with E-state index in [0.29, 0.717) is 12.2 Å². The number of hydrogen-bond donors (Lipinski definition) is 1. The SMILES string of the molecule is COCCNCc1cccc(C#N)c1. The Balaban J connectivity index is 2.39. The van der Waals surface area contributed by atoms with E-state index in [1.54, 1.807) is 13.2 Å². The van der Waals surface area contributed by atoms with Crippen molar-refractivity contribution in [2.24, 2.45) is 0 Å². The Morgan fingerprint density at radius 2 is 2.36 bits per heavy atom. The van der Waals surface area contributed by atoms with Crippen LogP contribution in [0.1, 0.15) is 11.1 Å². The van der Waals surface area contributed by atoms with Crippen molar-refractivity contribution in [1.82, 2.24) is 5.32 Å². The maximum absolute atomic E-state index is 8.68. The molecule has 3 heteroatoms. The van der Waals surface area contributed by atoms with Crippen molar-refractivity contribution in [3.8, 4) is 6.07 Å². The van der Waals surface area contributed by atoms with Crippen LogP contribution in [0.2, 0.25) is 0 Å². The maximum atomic E-state index is 8.68. The van der Waals surface area contributed by atoms with Gasteiger partial charge in [-0.15, -0.1) is 0 Å². The van der Waals surface area contributed by atoms with Gasteiger partial charge < -0.3 is 10.1 Å². The Morgan fingerprint density at radius 3 is 3.07 bits per heavy atom. The highest BCUT2D eigenvalue weighted by Gasteiger charge is 1.94. The molecule has 0 unspecified atom stereocenters. The molecular formula is C11H14N2O. The van der Waals surface area contributed by atoms with Gasteiger partial charge >= 0.3 is 0 Å². The molecule has 0 heterocycles. The number of nitriles is 1. The largest absolute Gasteiger partial charge is 0.383 e. The first-order valence-electron chi connectivity index (χ1n) is 4.55. The summed E-state index contributed by atoms with van der Waals surface area (Å²) >= 11 is 0. The first-order valence-corrected chi connectivity index (χ1v) is 4.55. The fourth-order valence-corrected chi connectivity index (χ4v) is 1.16. The summed E-state index contributed by atoms with van der Waals surface area (Å²) in [6.45, 7) is 2.31. The van der Waals surface area contributed by atoms with Crippen LogP contribution < -0.4 is 5.32 Å². The third-order valence-corrected chi connectivity index (χ3v) is 1.87. The van der Waals surface area contributed by atoms with E-state index < -0.39 is 0 Å². The van der Waals surface area contributed by atoms with Gasteiger partial charge in [0.2, 0.25) is 0 Å². The topological polar surface area (TPSA) is 45.0 Å². The summed E-state index contributed by atoms with van der Waals surface area (Å²) in [7, 11) is 1.68. The summed E-state index contributed by atoms with van der Waals surface area (Å²) < 4.78 is 4.91. The fraction of sp³-hybridized carbons (Fsp3) is 0.364. The molecule has 0 atom stereocenters. The van der Waals surface area contributed by atoms with E-state index in [1.165, 1.54) is 0 Å². The van der Waals surface area contributed by atoms with E-state index in [1.807, 2.05) is 18.2 Å². The summed E-state index contributed by atoms with van der Waals surface area (Å²) in [5, 5.41) is 11.9. The van der Waals surface area contributed by atoms with Crippen molar-refractivity contribution in [2.75, 3.05) is 20.3 Å². The summed E-state index contributed by atoms with van der Waals surface area (Å²) in [5.41, 5.74) is 1.83. The minimum absolute atomic E-state index is 0.705. The number of rotatable bonds is 5. The second-order valence-corrected chi connectivity index (χ2v) is 2.98. The van der Waals surface area contributed by atoms with Gasteiger partial charge in [0, 0.05) is 20.2 Å². The minimum atomic E-state index is 0.705. The number of nitrogens with zero attached hydrogens (tertiary/aromatic N) is 1. The van der Waals surface area contributed by atoms with E-state index >= 15 is 0 Å². The molecule has 1 aromatic rings. The molecule has 0 fully saturated rings. The van der Waals surface area contributed by atoms with Crippen LogP contribution in [0.3, 0.4) is 0 Å². The fourth-order valence-electron chi connectivity index (χ4n) is 1.16. The zero-order valence-corrected chi connectivity index (χ0v) is 8.29. The van der Waals surface area contributed by atoms with E-state index in [2.05, 4.69) is 11.4 Å². The van der Waals surface area contributed by atoms with Crippen LogP contribution in [0.4, 0.5) is 0 Å².